The van der Waals surface area contributed by atoms with Gasteiger partial charge in [-0.25, -0.2) is 0 Å². The fourth-order valence-corrected chi connectivity index (χ4v) is 15.7. The van der Waals surface area contributed by atoms with Crippen molar-refractivity contribution < 1.29 is 15.1 Å². The van der Waals surface area contributed by atoms with Gasteiger partial charge in [-0.2, -0.15) is 0 Å². The summed E-state index contributed by atoms with van der Waals surface area (Å²) >= 11 is -0.346. The minimum absolute atomic E-state index is 0.346. The summed E-state index contributed by atoms with van der Waals surface area (Å²) in [5.74, 6) is 13.4. The quantitative estimate of drug-likeness (QED) is 0.0808. The van der Waals surface area contributed by atoms with Crippen LogP contribution in [0.2, 0.25) is 0 Å². The molecule has 0 fully saturated rings. The van der Waals surface area contributed by atoms with E-state index in [0.717, 1.165) is 22.3 Å². The molecule has 0 nitrogen and oxygen atoms in total. The van der Waals surface area contributed by atoms with Gasteiger partial charge in [0.2, 0.25) is 0 Å². The van der Waals surface area contributed by atoms with Gasteiger partial charge >= 0.3 is 34.5 Å². The third-order valence-corrected chi connectivity index (χ3v) is 21.4. The van der Waals surface area contributed by atoms with Crippen molar-refractivity contribution in [3.05, 3.63) is 384 Å². The first-order chi connectivity index (χ1) is 44.7. The second-order valence-electron chi connectivity index (χ2n) is 20.5. The summed E-state index contributed by atoms with van der Waals surface area (Å²) < 4.78 is 0. The van der Waals surface area contributed by atoms with Crippen LogP contribution in [0.25, 0.3) is 0 Å². The van der Waals surface area contributed by atoms with Crippen molar-refractivity contribution >= 4 is 93.5 Å². The molecule has 0 aromatic heterocycles. The third kappa shape index (κ3) is 23.8. The summed E-state index contributed by atoms with van der Waals surface area (Å²) in [6, 6.07) is 118. The predicted molar refractivity (Wildman–Crippen MR) is 400 cm³/mol. The van der Waals surface area contributed by atoms with Crippen LogP contribution in [0, 0.1) is 74.0 Å². The second kappa shape index (κ2) is 39.1. The minimum atomic E-state index is -0.643. The second-order valence-corrected chi connectivity index (χ2v) is 30.8. The van der Waals surface area contributed by atoms with Crippen LogP contribution in [0.1, 0.15) is 44.5 Å². The Morgan fingerprint density at radius 2 is 0.319 bits per heavy atom. The first kappa shape index (κ1) is 68.7. The van der Waals surface area contributed by atoms with E-state index < -0.39 is 31.7 Å². The van der Waals surface area contributed by atoms with Crippen molar-refractivity contribution in [2.24, 2.45) is 0 Å². The molecule has 0 saturated heterocycles. The molecule has 0 atom stereocenters. The van der Waals surface area contributed by atoms with E-state index >= 15 is 0 Å². The first-order valence-corrected chi connectivity index (χ1v) is 39.4. The molecular weight excluding hydrogens is 1300 g/mol. The normalized spacial score (nSPS) is 10.0. The average molecular weight is 1370 g/mol. The van der Waals surface area contributed by atoms with Gasteiger partial charge in [0.25, 0.3) is 0 Å². The summed E-state index contributed by atoms with van der Waals surface area (Å²) in [5.41, 5.74) is 23.4. The summed E-state index contributed by atoms with van der Waals surface area (Å²) in [4.78, 5) is 0. The molecule has 0 unspecified atom stereocenters. The topological polar surface area (TPSA) is 0 Å². The van der Waals surface area contributed by atoms with Crippen molar-refractivity contribution in [2.45, 2.75) is 27.7 Å². The van der Waals surface area contributed by atoms with Gasteiger partial charge in [-0.3, -0.25) is 0 Å². The fraction of sp³-hybridized carbons (Fsp3) is 0.0476. The van der Waals surface area contributed by atoms with Gasteiger partial charge in [-0.1, -0.05) is 360 Å². The molecule has 0 N–H and O–H groups in total. The van der Waals surface area contributed by atoms with Crippen molar-refractivity contribution in [2.75, 3.05) is 0 Å². The van der Waals surface area contributed by atoms with E-state index in [2.05, 4.69) is 414 Å². The van der Waals surface area contributed by atoms with E-state index in [9.17, 15) is 0 Å². The molecule has 0 aliphatic rings. The van der Waals surface area contributed by atoms with E-state index in [1.807, 2.05) is 0 Å². The van der Waals surface area contributed by atoms with Gasteiger partial charge in [-0.15, -0.1) is 0 Å². The molecule has 0 heterocycles. The summed E-state index contributed by atoms with van der Waals surface area (Å²) in [6.45, 7) is 8.38. The Morgan fingerprint density at radius 3 is 0.440 bits per heavy atom. The van der Waals surface area contributed by atoms with Gasteiger partial charge in [0.05, 0.1) is 0 Å². The molecule has 446 valence electrons. The Kier molecular flexibility index (Phi) is 29.6. The number of hydrogen-bond acceptors (Lipinski definition) is 0. The molecule has 12 rings (SSSR count). The number of rotatable bonds is 8. The molecule has 0 aliphatic heterocycles. The predicted octanol–water partition coefficient (Wildman–Crippen LogP) is 19.1. The Bertz CT molecular complexity index is 3570. The molecular formula is C84H68Cl2P4Ru. The fourth-order valence-electron chi connectivity index (χ4n) is 8.76. The van der Waals surface area contributed by atoms with Gasteiger partial charge < -0.3 is 0 Å². The first-order valence-electron chi connectivity index (χ1n) is 29.5. The van der Waals surface area contributed by atoms with Crippen LogP contribution >= 0.6 is 51.1 Å². The van der Waals surface area contributed by atoms with Crippen molar-refractivity contribution in [3.63, 3.8) is 0 Å². The maximum atomic E-state index is 4.85. The zero-order valence-corrected chi connectivity index (χ0v) is 58.1. The SMILES string of the molecule is Cc1ccc(C#CP(c2ccccc2)c2ccccc2)cc1.Cc1ccc(C#CP(c2ccccc2)c2ccccc2)cc1.Cc1ccc(C#CP(c2ccccc2)c2ccccc2)cc1.Cc1ccc(C#CP(c2ccccc2)c2ccccc2)cc1.[Cl][Ru][Cl]. The zero-order valence-electron chi connectivity index (χ0n) is 51.2. The van der Waals surface area contributed by atoms with Gasteiger partial charge in [0.15, 0.2) is 0 Å². The monoisotopic (exact) mass is 1370 g/mol. The van der Waals surface area contributed by atoms with Crippen LogP contribution in [0.4, 0.5) is 0 Å². The maximum absolute atomic E-state index is 4.85. The molecule has 91 heavy (non-hydrogen) atoms. The summed E-state index contributed by atoms with van der Waals surface area (Å²) in [7, 11) is 7.13. The molecule has 0 spiro atoms. The van der Waals surface area contributed by atoms with Crippen LogP contribution in [-0.4, -0.2) is 0 Å². The Labute approximate surface area is 562 Å². The molecule has 12 aromatic rings. The number of halogens is 2. The Morgan fingerprint density at radius 1 is 0.198 bits per heavy atom. The molecule has 0 bridgehead atoms. The van der Waals surface area contributed by atoms with Crippen LogP contribution in [-0.2, 0) is 15.1 Å². The van der Waals surface area contributed by atoms with Crippen molar-refractivity contribution in [3.8, 4) is 46.3 Å². The average Bonchev–Trinajstić information content (AvgIpc) is 3.47. The summed E-state index contributed by atoms with van der Waals surface area (Å²) in [5, 5.41) is 10.4. The molecule has 0 amide bonds. The van der Waals surface area contributed by atoms with Crippen molar-refractivity contribution in [1.82, 2.24) is 0 Å². The molecule has 7 heteroatoms. The standard InChI is InChI=1S/4C21H17P.2ClH.Ru/c4*1-18-12-14-19(15-13-18)16-17-22(20-8-4-2-5-9-20)21-10-6-3-7-11-21;;;/h4*2-15H,1H3;2*1H;/q;;;;;;+2/p-2. The molecule has 0 radical (unpaired) electrons. The zero-order chi connectivity index (χ0) is 63.5. The van der Waals surface area contributed by atoms with E-state index in [1.165, 1.54) is 64.7 Å². The van der Waals surface area contributed by atoms with E-state index in [0.29, 0.717) is 0 Å². The molecule has 0 aliphatic carbocycles. The van der Waals surface area contributed by atoms with Crippen LogP contribution in [0.15, 0.2) is 340 Å². The third-order valence-electron chi connectivity index (χ3n) is 13.6. The van der Waals surface area contributed by atoms with Crippen LogP contribution in [0.5, 0.6) is 0 Å². The molecule has 12 aromatic carbocycles. The Hall–Kier alpha value is -8.20. The Balaban J connectivity index is 0.000000154. The van der Waals surface area contributed by atoms with Crippen LogP contribution in [0.3, 0.4) is 0 Å². The van der Waals surface area contributed by atoms with E-state index in [4.69, 9.17) is 19.4 Å². The van der Waals surface area contributed by atoms with Gasteiger partial charge in [0, 0.05) is 53.9 Å². The van der Waals surface area contributed by atoms with E-state index in [-0.39, 0.29) is 15.1 Å². The summed E-state index contributed by atoms with van der Waals surface area (Å²) in [6.07, 6.45) is 0. The van der Waals surface area contributed by atoms with E-state index in [1.54, 1.807) is 0 Å². The molecule has 0 saturated carbocycles. The van der Waals surface area contributed by atoms with Gasteiger partial charge in [0.1, 0.15) is 0 Å². The number of hydrogen-bond donors (Lipinski definition) is 0. The number of benzene rings is 12. The van der Waals surface area contributed by atoms with Gasteiger partial charge in [-0.05, 0) is 119 Å². The van der Waals surface area contributed by atoms with Crippen LogP contribution < -0.4 is 42.4 Å². The number of aryl methyl sites for hydroxylation is 4. The van der Waals surface area contributed by atoms with Crippen molar-refractivity contribution in [1.29, 1.82) is 0 Å².